The molecule has 1 fully saturated rings. The predicted molar refractivity (Wildman–Crippen MR) is 88.0 cm³/mol. The first-order valence-electron chi connectivity index (χ1n) is 8.83. The van der Waals surface area contributed by atoms with Crippen molar-refractivity contribution in [3.8, 4) is 11.8 Å². The molecule has 3 heteroatoms. The second kappa shape index (κ2) is 12.0. The van der Waals surface area contributed by atoms with E-state index in [2.05, 4.69) is 24.1 Å². The van der Waals surface area contributed by atoms with Gasteiger partial charge in [-0.1, -0.05) is 70.6 Å². The first-order chi connectivity index (χ1) is 10.3. The van der Waals surface area contributed by atoms with Crippen molar-refractivity contribution in [2.24, 2.45) is 0 Å². The van der Waals surface area contributed by atoms with Crippen LogP contribution in [0.15, 0.2) is 0 Å². The van der Waals surface area contributed by atoms with Crippen molar-refractivity contribution in [2.75, 3.05) is 6.61 Å². The van der Waals surface area contributed by atoms with Gasteiger partial charge in [0.15, 0.2) is 0 Å². The summed E-state index contributed by atoms with van der Waals surface area (Å²) < 4.78 is 0. The second-order valence-electron chi connectivity index (χ2n) is 6.18. The highest BCUT2D eigenvalue weighted by atomic mass is 16.3. The van der Waals surface area contributed by atoms with Crippen molar-refractivity contribution in [1.29, 1.82) is 0 Å². The van der Waals surface area contributed by atoms with Gasteiger partial charge in [0.25, 0.3) is 0 Å². The summed E-state index contributed by atoms with van der Waals surface area (Å²) in [7, 11) is 0. The average Bonchev–Trinajstić information content (AvgIpc) is 3.28. The van der Waals surface area contributed by atoms with E-state index in [0.29, 0.717) is 0 Å². The fourth-order valence-corrected chi connectivity index (χ4v) is 2.64. The third-order valence-electron chi connectivity index (χ3n) is 4.17. The zero-order chi connectivity index (χ0) is 15.3. The Balaban J connectivity index is 1.82. The van der Waals surface area contributed by atoms with Gasteiger partial charge in [-0.3, -0.25) is 0 Å². The number of hydrogen-bond acceptors (Lipinski definition) is 3. The summed E-state index contributed by atoms with van der Waals surface area (Å²) >= 11 is 0. The molecule has 21 heavy (non-hydrogen) atoms. The normalized spacial score (nSPS) is 21.7. The summed E-state index contributed by atoms with van der Waals surface area (Å²) in [5.74, 6) is 5.93. The Morgan fingerprint density at radius 3 is 2.05 bits per heavy atom. The highest BCUT2D eigenvalue weighted by Gasteiger charge is 2.40. The molecule has 0 spiro atoms. The maximum Gasteiger partial charge on any atom is 0.131 e. The summed E-state index contributed by atoms with van der Waals surface area (Å²) in [6, 6.07) is 0.0295. The van der Waals surface area contributed by atoms with Crippen LogP contribution in [0, 0.1) is 11.8 Å². The molecule has 0 aromatic carbocycles. The molecule has 3 N–H and O–H groups in total. The van der Waals surface area contributed by atoms with Crippen LogP contribution in [0.2, 0.25) is 0 Å². The van der Waals surface area contributed by atoms with Gasteiger partial charge in [-0.25, -0.2) is 0 Å². The standard InChI is InChI=1S/C18H33NO2/c1-2-3-4-5-6-7-8-9-10-11-12-13-14-17(21)18-16(15-20)19-18/h16-21H,2-12,15H2,1H3/t16-,17-,18-/m0/s1. The van der Waals surface area contributed by atoms with Gasteiger partial charge in [0, 0.05) is 12.5 Å². The first kappa shape index (κ1) is 18.5. The smallest absolute Gasteiger partial charge is 0.131 e. The molecule has 1 rings (SSSR count). The summed E-state index contributed by atoms with van der Waals surface area (Å²) in [5.41, 5.74) is 0. The molecule has 122 valence electrons. The Morgan fingerprint density at radius 2 is 1.52 bits per heavy atom. The molecular weight excluding hydrogens is 262 g/mol. The Hall–Kier alpha value is -0.560. The number of aliphatic hydroxyl groups excluding tert-OH is 2. The largest absolute Gasteiger partial charge is 0.395 e. The van der Waals surface area contributed by atoms with Crippen molar-refractivity contribution >= 4 is 0 Å². The topological polar surface area (TPSA) is 62.4 Å². The molecule has 3 nitrogen and oxygen atoms in total. The second-order valence-corrected chi connectivity index (χ2v) is 6.18. The quantitative estimate of drug-likeness (QED) is 0.295. The lowest BCUT2D eigenvalue weighted by molar-refractivity contribution is 0.219. The zero-order valence-corrected chi connectivity index (χ0v) is 13.6. The van der Waals surface area contributed by atoms with Crippen LogP contribution < -0.4 is 5.32 Å². The minimum atomic E-state index is -0.620. The Morgan fingerprint density at radius 1 is 0.952 bits per heavy atom. The maximum absolute atomic E-state index is 9.70. The average molecular weight is 295 g/mol. The molecule has 0 aromatic heterocycles. The molecule has 0 radical (unpaired) electrons. The van der Waals surface area contributed by atoms with Crippen LogP contribution in [0.1, 0.15) is 77.6 Å². The SMILES string of the molecule is CCCCCCCCCCCCC#C[C@H](O)[C@H]1N[C@H]1CO. The minimum absolute atomic E-state index is 0.0183. The van der Waals surface area contributed by atoms with Gasteiger partial charge >= 0.3 is 0 Å². The van der Waals surface area contributed by atoms with Crippen molar-refractivity contribution < 1.29 is 10.2 Å². The number of hydrogen-bond donors (Lipinski definition) is 3. The van der Waals surface area contributed by atoms with Crippen molar-refractivity contribution in [3.63, 3.8) is 0 Å². The van der Waals surface area contributed by atoms with Gasteiger partial charge in [0.2, 0.25) is 0 Å². The van der Waals surface area contributed by atoms with Gasteiger partial charge in [-0.05, 0) is 6.42 Å². The molecule has 0 aliphatic carbocycles. The lowest BCUT2D eigenvalue weighted by atomic mass is 10.1. The molecule has 3 atom stereocenters. The van der Waals surface area contributed by atoms with E-state index in [4.69, 9.17) is 5.11 Å². The van der Waals surface area contributed by atoms with E-state index in [9.17, 15) is 5.11 Å². The molecule has 1 heterocycles. The van der Waals surface area contributed by atoms with Crippen LogP contribution in [-0.2, 0) is 0 Å². The van der Waals surface area contributed by atoms with Gasteiger partial charge in [0.05, 0.1) is 12.6 Å². The Kier molecular flexibility index (Phi) is 10.6. The van der Waals surface area contributed by atoms with E-state index in [0.717, 1.165) is 12.8 Å². The fraction of sp³-hybridized carbons (Fsp3) is 0.889. The third kappa shape index (κ3) is 9.14. The van der Waals surface area contributed by atoms with Crippen LogP contribution >= 0.6 is 0 Å². The lowest BCUT2D eigenvalue weighted by Gasteiger charge is -2.01. The predicted octanol–water partition coefficient (Wildman–Crippen LogP) is 2.99. The van der Waals surface area contributed by atoms with Crippen molar-refractivity contribution in [1.82, 2.24) is 5.32 Å². The van der Waals surface area contributed by atoms with Crippen LogP contribution in [0.25, 0.3) is 0 Å². The molecular formula is C18H33NO2. The molecule has 0 amide bonds. The number of aliphatic hydroxyl groups is 2. The molecule has 1 saturated heterocycles. The maximum atomic E-state index is 9.70. The molecule has 0 unspecified atom stereocenters. The van der Waals surface area contributed by atoms with Crippen LogP contribution in [-0.4, -0.2) is 35.0 Å². The lowest BCUT2D eigenvalue weighted by Crippen LogP contribution is -2.16. The number of nitrogens with one attached hydrogen (secondary N) is 1. The van der Waals surface area contributed by atoms with Gasteiger partial charge in [0.1, 0.15) is 6.10 Å². The fourth-order valence-electron chi connectivity index (χ4n) is 2.64. The molecule has 0 bridgehead atoms. The van der Waals surface area contributed by atoms with Gasteiger partial charge in [-0.2, -0.15) is 0 Å². The van der Waals surface area contributed by atoms with Crippen LogP contribution in [0.3, 0.4) is 0 Å². The molecule has 1 aliphatic heterocycles. The Bertz CT molecular complexity index is 308. The third-order valence-corrected chi connectivity index (χ3v) is 4.17. The zero-order valence-electron chi connectivity index (χ0n) is 13.6. The van der Waals surface area contributed by atoms with E-state index in [1.54, 1.807) is 0 Å². The highest BCUT2D eigenvalue weighted by molar-refractivity contribution is 5.16. The molecule has 0 saturated carbocycles. The van der Waals surface area contributed by atoms with E-state index >= 15 is 0 Å². The van der Waals surface area contributed by atoms with E-state index in [1.165, 1.54) is 57.8 Å². The Labute approximate surface area is 130 Å². The molecule has 1 aliphatic rings. The summed E-state index contributed by atoms with van der Waals surface area (Å²) in [4.78, 5) is 0. The van der Waals surface area contributed by atoms with Crippen molar-refractivity contribution in [3.05, 3.63) is 0 Å². The summed E-state index contributed by atoms with van der Waals surface area (Å²) in [6.45, 7) is 2.34. The summed E-state index contributed by atoms with van der Waals surface area (Å²) in [5, 5.41) is 21.6. The van der Waals surface area contributed by atoms with E-state index in [1.807, 2.05) is 0 Å². The van der Waals surface area contributed by atoms with Gasteiger partial charge in [-0.15, -0.1) is 5.92 Å². The summed E-state index contributed by atoms with van der Waals surface area (Å²) in [6.07, 6.45) is 13.6. The minimum Gasteiger partial charge on any atom is -0.395 e. The number of rotatable bonds is 12. The first-order valence-corrected chi connectivity index (χ1v) is 8.83. The molecule has 0 aromatic rings. The monoisotopic (exact) mass is 295 g/mol. The van der Waals surface area contributed by atoms with Gasteiger partial charge < -0.3 is 15.5 Å². The van der Waals surface area contributed by atoms with Crippen LogP contribution in [0.4, 0.5) is 0 Å². The van der Waals surface area contributed by atoms with E-state index < -0.39 is 6.10 Å². The highest BCUT2D eigenvalue weighted by Crippen LogP contribution is 2.14. The van der Waals surface area contributed by atoms with E-state index in [-0.39, 0.29) is 18.7 Å². The number of unbranched alkanes of at least 4 members (excludes halogenated alkanes) is 10. The van der Waals surface area contributed by atoms with Crippen LogP contribution in [0.5, 0.6) is 0 Å². The van der Waals surface area contributed by atoms with Crippen molar-refractivity contribution in [2.45, 2.75) is 95.7 Å².